The van der Waals surface area contributed by atoms with E-state index in [0.29, 0.717) is 24.7 Å². The molecule has 0 bridgehead atoms. The standard InChI is InChI=1S/C35H37BrN2O3S/c1-2-40-30-20-23(19-29(36)33(30)41-22-25-13-10-12-24-11-6-7-16-27(24)25)21-37-35-32(28-17-8-9-18-31(28)42-35)34(39)38-26-14-4-3-5-15-26/h6-7,10-13,16,19-21,26H,2-5,8-9,14-15,17-18,22H2,1H3,(H,38,39)/b37-21-. The van der Waals surface area contributed by atoms with Gasteiger partial charge < -0.3 is 14.8 Å². The van der Waals surface area contributed by atoms with Crippen LogP contribution >= 0.6 is 27.3 Å². The number of rotatable bonds is 9. The number of ether oxygens (including phenoxy) is 2. The van der Waals surface area contributed by atoms with E-state index in [1.165, 1.54) is 46.9 Å². The van der Waals surface area contributed by atoms with Gasteiger partial charge in [0, 0.05) is 17.1 Å². The summed E-state index contributed by atoms with van der Waals surface area (Å²) in [6, 6.07) is 18.8. The lowest BCUT2D eigenvalue weighted by atomic mass is 9.93. The van der Waals surface area contributed by atoms with E-state index in [0.717, 1.165) is 58.3 Å². The molecule has 3 aromatic carbocycles. The summed E-state index contributed by atoms with van der Waals surface area (Å²) < 4.78 is 13.2. The van der Waals surface area contributed by atoms with Crippen molar-refractivity contribution in [2.75, 3.05) is 6.61 Å². The van der Waals surface area contributed by atoms with Crippen LogP contribution in [0.5, 0.6) is 11.5 Å². The molecule has 218 valence electrons. The molecule has 0 atom stereocenters. The number of nitrogens with zero attached hydrogens (tertiary/aromatic N) is 1. The first kappa shape index (κ1) is 28.9. The second-order valence-electron chi connectivity index (χ2n) is 11.1. The molecule has 0 radical (unpaired) electrons. The predicted molar refractivity (Wildman–Crippen MR) is 176 cm³/mol. The average molecular weight is 646 g/mol. The van der Waals surface area contributed by atoms with Crippen LogP contribution in [0.1, 0.15) is 83.8 Å². The van der Waals surface area contributed by atoms with E-state index in [1.54, 1.807) is 11.3 Å². The molecule has 1 aromatic heterocycles. The van der Waals surface area contributed by atoms with Gasteiger partial charge in [-0.25, -0.2) is 4.99 Å². The van der Waals surface area contributed by atoms with Gasteiger partial charge in [-0.3, -0.25) is 4.79 Å². The highest BCUT2D eigenvalue weighted by molar-refractivity contribution is 9.10. The number of carbonyl (C=O) groups is 1. The molecular weight excluding hydrogens is 608 g/mol. The molecule has 0 saturated heterocycles. The van der Waals surface area contributed by atoms with Gasteiger partial charge in [0.05, 0.1) is 16.6 Å². The summed E-state index contributed by atoms with van der Waals surface area (Å²) in [7, 11) is 0. The Morgan fingerprint density at radius 2 is 1.83 bits per heavy atom. The third-order valence-corrected chi connectivity index (χ3v) is 10.0. The molecule has 4 aromatic rings. The first-order valence-electron chi connectivity index (χ1n) is 15.2. The Kier molecular flexibility index (Phi) is 9.25. The third-order valence-electron chi connectivity index (χ3n) is 8.23. The van der Waals surface area contributed by atoms with Gasteiger partial charge in [0.1, 0.15) is 11.6 Å². The van der Waals surface area contributed by atoms with Gasteiger partial charge in [-0.05, 0) is 101 Å². The summed E-state index contributed by atoms with van der Waals surface area (Å²) in [5, 5.41) is 6.52. The van der Waals surface area contributed by atoms with Crippen LogP contribution in [0.4, 0.5) is 5.00 Å². The van der Waals surface area contributed by atoms with Crippen molar-refractivity contribution in [3.8, 4) is 11.5 Å². The van der Waals surface area contributed by atoms with Crippen LogP contribution in [0.3, 0.4) is 0 Å². The fourth-order valence-corrected chi connectivity index (χ4v) is 7.95. The van der Waals surface area contributed by atoms with Gasteiger partial charge in [-0.2, -0.15) is 0 Å². The highest BCUT2D eigenvalue weighted by Crippen LogP contribution is 2.41. The van der Waals surface area contributed by atoms with E-state index < -0.39 is 0 Å². The van der Waals surface area contributed by atoms with Crippen LogP contribution < -0.4 is 14.8 Å². The number of nitrogens with one attached hydrogen (secondary N) is 1. The van der Waals surface area contributed by atoms with E-state index >= 15 is 0 Å². The maximum absolute atomic E-state index is 13.6. The van der Waals surface area contributed by atoms with Crippen LogP contribution in [0.15, 0.2) is 64.1 Å². The number of aryl methyl sites for hydroxylation is 1. The van der Waals surface area contributed by atoms with Crippen molar-refractivity contribution >= 4 is 55.2 Å². The molecule has 6 rings (SSSR count). The van der Waals surface area contributed by atoms with Gasteiger partial charge in [-0.15, -0.1) is 11.3 Å². The Morgan fingerprint density at radius 3 is 2.69 bits per heavy atom. The van der Waals surface area contributed by atoms with Crippen molar-refractivity contribution in [1.29, 1.82) is 0 Å². The maximum atomic E-state index is 13.6. The molecule has 1 fully saturated rings. The minimum absolute atomic E-state index is 0.0434. The number of fused-ring (bicyclic) bond motifs is 2. The minimum Gasteiger partial charge on any atom is -0.490 e. The molecule has 0 spiro atoms. The van der Waals surface area contributed by atoms with Gasteiger partial charge in [0.15, 0.2) is 11.5 Å². The Hall–Kier alpha value is -3.16. The summed E-state index contributed by atoms with van der Waals surface area (Å²) in [6.07, 6.45) is 11.9. The lowest BCUT2D eigenvalue weighted by Gasteiger charge is -2.23. The number of hydrogen-bond donors (Lipinski definition) is 1. The zero-order chi connectivity index (χ0) is 28.9. The van der Waals surface area contributed by atoms with Crippen LogP contribution in [-0.2, 0) is 19.4 Å². The van der Waals surface area contributed by atoms with E-state index in [2.05, 4.69) is 63.7 Å². The summed E-state index contributed by atoms with van der Waals surface area (Å²) in [4.78, 5) is 19.8. The molecule has 1 N–H and O–H groups in total. The molecule has 1 heterocycles. The highest BCUT2D eigenvalue weighted by Gasteiger charge is 2.27. The number of amides is 1. The summed E-state index contributed by atoms with van der Waals surface area (Å²) in [5.74, 6) is 1.37. The number of carbonyl (C=O) groups excluding carboxylic acids is 1. The van der Waals surface area contributed by atoms with E-state index in [-0.39, 0.29) is 11.9 Å². The number of thiophene rings is 1. The summed E-state index contributed by atoms with van der Waals surface area (Å²) >= 11 is 5.40. The molecule has 1 amide bonds. The second-order valence-corrected chi connectivity index (χ2v) is 13.1. The molecule has 5 nitrogen and oxygen atoms in total. The predicted octanol–water partition coefficient (Wildman–Crippen LogP) is 9.33. The summed E-state index contributed by atoms with van der Waals surface area (Å²) in [6.45, 7) is 2.91. The molecule has 42 heavy (non-hydrogen) atoms. The quantitative estimate of drug-likeness (QED) is 0.185. The van der Waals surface area contributed by atoms with Gasteiger partial charge in [0.25, 0.3) is 5.91 Å². The molecule has 0 aliphatic heterocycles. The van der Waals surface area contributed by atoms with Crippen molar-refractivity contribution < 1.29 is 14.3 Å². The number of aliphatic imine (C=N–C) groups is 1. The van der Waals surface area contributed by atoms with Crippen LogP contribution in [-0.4, -0.2) is 24.8 Å². The number of halogens is 1. The zero-order valence-corrected chi connectivity index (χ0v) is 26.5. The molecule has 7 heteroatoms. The molecule has 2 aliphatic rings. The molecule has 2 aliphatic carbocycles. The van der Waals surface area contributed by atoms with Crippen molar-refractivity contribution in [2.45, 2.75) is 77.4 Å². The third kappa shape index (κ3) is 6.42. The Balaban J connectivity index is 1.26. The van der Waals surface area contributed by atoms with E-state index in [1.807, 2.05) is 25.3 Å². The van der Waals surface area contributed by atoms with Crippen molar-refractivity contribution in [3.63, 3.8) is 0 Å². The first-order valence-corrected chi connectivity index (χ1v) is 16.8. The smallest absolute Gasteiger partial charge is 0.254 e. The number of benzene rings is 3. The second kappa shape index (κ2) is 13.4. The SMILES string of the molecule is CCOc1cc(/C=N\c2sc3c(c2C(=O)NC2CCCCC2)CCCC3)cc(Br)c1OCc1cccc2ccccc12. The Bertz CT molecular complexity index is 1600. The Labute approximate surface area is 260 Å². The monoisotopic (exact) mass is 644 g/mol. The Morgan fingerprint density at radius 1 is 1.02 bits per heavy atom. The van der Waals surface area contributed by atoms with Crippen LogP contribution in [0.2, 0.25) is 0 Å². The van der Waals surface area contributed by atoms with Gasteiger partial charge in [0.2, 0.25) is 0 Å². The lowest BCUT2D eigenvalue weighted by Crippen LogP contribution is -2.36. The normalized spacial score (nSPS) is 15.6. The van der Waals surface area contributed by atoms with Crippen molar-refractivity contribution in [1.82, 2.24) is 5.32 Å². The van der Waals surface area contributed by atoms with Crippen molar-refractivity contribution in [2.24, 2.45) is 4.99 Å². The maximum Gasteiger partial charge on any atom is 0.254 e. The highest BCUT2D eigenvalue weighted by atomic mass is 79.9. The molecule has 1 saturated carbocycles. The lowest BCUT2D eigenvalue weighted by molar-refractivity contribution is 0.0927. The van der Waals surface area contributed by atoms with Crippen molar-refractivity contribution in [3.05, 3.63) is 86.2 Å². The fourth-order valence-electron chi connectivity index (χ4n) is 6.15. The van der Waals surface area contributed by atoms with Crippen LogP contribution in [0, 0.1) is 0 Å². The largest absolute Gasteiger partial charge is 0.490 e. The van der Waals surface area contributed by atoms with E-state index in [4.69, 9.17) is 14.5 Å². The number of hydrogen-bond acceptors (Lipinski definition) is 5. The van der Waals surface area contributed by atoms with E-state index in [9.17, 15) is 4.79 Å². The minimum atomic E-state index is 0.0434. The topological polar surface area (TPSA) is 59.9 Å². The molecule has 0 unspecified atom stereocenters. The first-order chi connectivity index (χ1) is 20.6. The van der Waals surface area contributed by atoms with Gasteiger partial charge >= 0.3 is 0 Å². The fraction of sp³-hybridized carbons (Fsp3) is 0.371. The van der Waals surface area contributed by atoms with Crippen LogP contribution in [0.25, 0.3) is 10.8 Å². The summed E-state index contributed by atoms with van der Waals surface area (Å²) in [5.41, 5.74) is 4.00. The van der Waals surface area contributed by atoms with Gasteiger partial charge in [-0.1, -0.05) is 61.7 Å². The molecular formula is C35H37BrN2O3S. The average Bonchev–Trinajstić information content (AvgIpc) is 3.39. The zero-order valence-electron chi connectivity index (χ0n) is 24.1.